The summed E-state index contributed by atoms with van der Waals surface area (Å²) in [5.74, 6) is 0.0464. The monoisotopic (exact) mass is 319 g/mol. The maximum absolute atomic E-state index is 13.5. The summed E-state index contributed by atoms with van der Waals surface area (Å²) in [6, 6.07) is 6.41. The summed E-state index contributed by atoms with van der Waals surface area (Å²) >= 11 is 0. The molecule has 3 rings (SSSR count). The Hall–Kier alpha value is -2.28. The Morgan fingerprint density at radius 3 is 2.91 bits per heavy atom. The van der Waals surface area contributed by atoms with E-state index in [2.05, 4.69) is 4.98 Å². The Kier molecular flexibility index (Phi) is 4.12. The second-order valence-electron chi connectivity index (χ2n) is 5.78. The van der Waals surface area contributed by atoms with E-state index in [0.717, 1.165) is 0 Å². The summed E-state index contributed by atoms with van der Waals surface area (Å²) in [5.41, 5.74) is 0.287. The van der Waals surface area contributed by atoms with Crippen LogP contribution in [-0.2, 0) is 11.3 Å². The number of halogens is 1. The number of amides is 1. The lowest BCUT2D eigenvalue weighted by Gasteiger charge is -2.23. The molecule has 0 spiro atoms. The largest absolute Gasteiger partial charge is 0.394 e. The molecule has 2 aromatic rings. The lowest BCUT2D eigenvalue weighted by molar-refractivity contribution is -0.133. The van der Waals surface area contributed by atoms with Gasteiger partial charge in [-0.1, -0.05) is 12.1 Å². The number of hydrogen-bond donors (Lipinski definition) is 1. The van der Waals surface area contributed by atoms with Crippen molar-refractivity contribution >= 4 is 16.8 Å². The van der Waals surface area contributed by atoms with E-state index >= 15 is 0 Å². The normalized spacial score (nSPS) is 21.1. The standard InChI is InChI=1S/C16H18FN3O3/c1-10-18-14-5-3-2-4-13(14)16(23)19(10)8-15(22)20-7-11(17)6-12(20)9-21/h2-5,11-12,21H,6-9H2,1H3/t11-,12-/m0/s1. The lowest BCUT2D eigenvalue weighted by atomic mass is 10.2. The van der Waals surface area contributed by atoms with Crippen LogP contribution in [0.3, 0.4) is 0 Å². The fourth-order valence-electron chi connectivity index (χ4n) is 3.03. The van der Waals surface area contributed by atoms with Crippen LogP contribution in [0.15, 0.2) is 29.1 Å². The van der Waals surface area contributed by atoms with Gasteiger partial charge in [0.1, 0.15) is 18.5 Å². The van der Waals surface area contributed by atoms with Crippen LogP contribution in [-0.4, -0.2) is 50.8 Å². The number of likely N-dealkylation sites (tertiary alicyclic amines) is 1. The molecule has 1 N–H and O–H groups in total. The Morgan fingerprint density at radius 2 is 2.17 bits per heavy atom. The molecule has 0 bridgehead atoms. The van der Waals surface area contributed by atoms with E-state index in [-0.39, 0.29) is 37.6 Å². The van der Waals surface area contributed by atoms with Gasteiger partial charge in [0.25, 0.3) is 5.56 Å². The quantitative estimate of drug-likeness (QED) is 0.901. The molecule has 1 aromatic carbocycles. The first-order valence-electron chi connectivity index (χ1n) is 7.52. The molecule has 1 amide bonds. The predicted octanol–water partition coefficient (Wildman–Crippen LogP) is 0.636. The van der Waals surface area contributed by atoms with Crippen molar-refractivity contribution in [2.75, 3.05) is 13.2 Å². The molecule has 23 heavy (non-hydrogen) atoms. The van der Waals surface area contributed by atoms with E-state index < -0.39 is 12.2 Å². The van der Waals surface area contributed by atoms with Gasteiger partial charge in [-0.25, -0.2) is 9.37 Å². The maximum atomic E-state index is 13.5. The van der Waals surface area contributed by atoms with Crippen molar-refractivity contribution in [3.63, 3.8) is 0 Å². The number of aliphatic hydroxyl groups excluding tert-OH is 1. The molecule has 0 saturated carbocycles. The zero-order valence-electron chi connectivity index (χ0n) is 12.8. The second kappa shape index (κ2) is 6.08. The highest BCUT2D eigenvalue weighted by Gasteiger charge is 2.35. The number of carbonyl (C=O) groups is 1. The molecule has 1 aliphatic heterocycles. The SMILES string of the molecule is Cc1nc2ccccc2c(=O)n1CC(=O)N1C[C@@H](F)C[C@H]1CO. The Morgan fingerprint density at radius 1 is 1.43 bits per heavy atom. The first-order valence-corrected chi connectivity index (χ1v) is 7.52. The third-order valence-electron chi connectivity index (χ3n) is 4.24. The van der Waals surface area contributed by atoms with E-state index in [1.54, 1.807) is 31.2 Å². The molecular formula is C16H18FN3O3. The average Bonchev–Trinajstić information content (AvgIpc) is 2.92. The third-order valence-corrected chi connectivity index (χ3v) is 4.24. The molecule has 0 aliphatic carbocycles. The summed E-state index contributed by atoms with van der Waals surface area (Å²) < 4.78 is 14.8. The van der Waals surface area contributed by atoms with Crippen LogP contribution < -0.4 is 5.56 Å². The number of nitrogens with zero attached hydrogens (tertiary/aromatic N) is 3. The van der Waals surface area contributed by atoms with E-state index in [1.807, 2.05) is 0 Å². The second-order valence-corrected chi connectivity index (χ2v) is 5.78. The van der Waals surface area contributed by atoms with Gasteiger partial charge in [-0.3, -0.25) is 14.2 Å². The summed E-state index contributed by atoms with van der Waals surface area (Å²) in [4.78, 5) is 30.6. The first-order chi connectivity index (χ1) is 11.0. The first kappa shape index (κ1) is 15.6. The summed E-state index contributed by atoms with van der Waals surface area (Å²) in [6.45, 7) is 1.13. The van der Waals surface area contributed by atoms with Crippen molar-refractivity contribution < 1.29 is 14.3 Å². The Balaban J connectivity index is 1.92. The summed E-state index contributed by atoms with van der Waals surface area (Å²) in [6.07, 6.45) is -1.00. The average molecular weight is 319 g/mol. The molecule has 7 heteroatoms. The molecule has 1 saturated heterocycles. The van der Waals surface area contributed by atoms with Gasteiger partial charge in [-0.05, 0) is 19.1 Å². The zero-order valence-corrected chi connectivity index (χ0v) is 12.8. The van der Waals surface area contributed by atoms with Crippen LogP contribution >= 0.6 is 0 Å². The highest BCUT2D eigenvalue weighted by molar-refractivity contribution is 5.79. The minimum atomic E-state index is -1.14. The van der Waals surface area contributed by atoms with E-state index in [0.29, 0.717) is 16.7 Å². The number of aliphatic hydroxyl groups is 1. The van der Waals surface area contributed by atoms with Crippen molar-refractivity contribution in [3.8, 4) is 0 Å². The van der Waals surface area contributed by atoms with Crippen LogP contribution in [0.2, 0.25) is 0 Å². The number of alkyl halides is 1. The minimum Gasteiger partial charge on any atom is -0.394 e. The molecule has 6 nitrogen and oxygen atoms in total. The molecule has 2 atom stereocenters. The zero-order chi connectivity index (χ0) is 16.6. The summed E-state index contributed by atoms with van der Waals surface area (Å²) in [5, 5.41) is 9.72. The van der Waals surface area contributed by atoms with Crippen LogP contribution in [0, 0.1) is 6.92 Å². The van der Waals surface area contributed by atoms with Crippen molar-refractivity contribution in [1.82, 2.24) is 14.5 Å². The van der Waals surface area contributed by atoms with Crippen LogP contribution in [0.1, 0.15) is 12.2 Å². The number of aromatic nitrogens is 2. The Labute approximate surface area is 132 Å². The lowest BCUT2D eigenvalue weighted by Crippen LogP contribution is -2.41. The number of hydrogen-bond acceptors (Lipinski definition) is 4. The molecule has 1 aliphatic rings. The smallest absolute Gasteiger partial charge is 0.261 e. The van der Waals surface area contributed by atoms with Gasteiger partial charge in [0.2, 0.25) is 5.91 Å². The number of para-hydroxylation sites is 1. The molecule has 2 heterocycles. The van der Waals surface area contributed by atoms with E-state index in [1.165, 1.54) is 9.47 Å². The molecule has 1 aromatic heterocycles. The number of aryl methyl sites for hydroxylation is 1. The number of fused-ring (bicyclic) bond motifs is 1. The topological polar surface area (TPSA) is 75.4 Å². The fourth-order valence-corrected chi connectivity index (χ4v) is 3.03. The van der Waals surface area contributed by atoms with Gasteiger partial charge in [0.05, 0.1) is 30.1 Å². The van der Waals surface area contributed by atoms with Crippen LogP contribution in [0.25, 0.3) is 10.9 Å². The van der Waals surface area contributed by atoms with Crippen molar-refractivity contribution in [1.29, 1.82) is 0 Å². The van der Waals surface area contributed by atoms with E-state index in [9.17, 15) is 19.1 Å². The Bertz CT molecular complexity index is 805. The molecule has 0 radical (unpaired) electrons. The maximum Gasteiger partial charge on any atom is 0.261 e. The van der Waals surface area contributed by atoms with E-state index in [4.69, 9.17) is 0 Å². The van der Waals surface area contributed by atoms with Crippen LogP contribution in [0.5, 0.6) is 0 Å². The molecule has 0 unspecified atom stereocenters. The molecular weight excluding hydrogens is 301 g/mol. The number of carbonyl (C=O) groups excluding carboxylic acids is 1. The molecule has 122 valence electrons. The van der Waals surface area contributed by atoms with Crippen molar-refractivity contribution in [3.05, 3.63) is 40.4 Å². The van der Waals surface area contributed by atoms with Gasteiger partial charge in [-0.2, -0.15) is 0 Å². The minimum absolute atomic E-state index is 0.0428. The molecule has 1 fully saturated rings. The highest BCUT2D eigenvalue weighted by Crippen LogP contribution is 2.20. The third kappa shape index (κ3) is 2.84. The summed E-state index contributed by atoms with van der Waals surface area (Å²) in [7, 11) is 0. The van der Waals surface area contributed by atoms with Gasteiger partial charge < -0.3 is 10.0 Å². The number of rotatable bonds is 3. The number of benzene rings is 1. The van der Waals surface area contributed by atoms with Gasteiger partial charge in [-0.15, -0.1) is 0 Å². The van der Waals surface area contributed by atoms with Crippen molar-refractivity contribution in [2.45, 2.75) is 32.1 Å². The fraction of sp³-hybridized carbons (Fsp3) is 0.438. The van der Waals surface area contributed by atoms with Crippen LogP contribution in [0.4, 0.5) is 4.39 Å². The van der Waals surface area contributed by atoms with Gasteiger partial charge in [0, 0.05) is 6.42 Å². The predicted molar refractivity (Wildman–Crippen MR) is 82.8 cm³/mol. The van der Waals surface area contributed by atoms with Gasteiger partial charge in [0.15, 0.2) is 0 Å². The van der Waals surface area contributed by atoms with Crippen molar-refractivity contribution in [2.24, 2.45) is 0 Å². The highest BCUT2D eigenvalue weighted by atomic mass is 19.1. The van der Waals surface area contributed by atoms with Gasteiger partial charge >= 0.3 is 0 Å².